The molecule has 2 amide bonds. The zero-order valence-electron chi connectivity index (χ0n) is 12.0. The van der Waals surface area contributed by atoms with Crippen molar-refractivity contribution >= 4 is 23.8 Å². The molecule has 0 heterocycles. The zero-order chi connectivity index (χ0) is 16.0. The fourth-order valence-corrected chi connectivity index (χ4v) is 2.44. The number of rotatable bonds is 6. The Balaban J connectivity index is 3.07. The van der Waals surface area contributed by atoms with Gasteiger partial charge in [0.1, 0.15) is 0 Å². The number of benzene rings is 1. The van der Waals surface area contributed by atoms with Crippen LogP contribution in [0.1, 0.15) is 31.9 Å². The Bertz CT molecular complexity index is 508. The maximum absolute atomic E-state index is 11.5. The molecule has 0 aromatic heterocycles. The number of nitrogens with two attached hydrogens (primary N) is 1. The van der Waals surface area contributed by atoms with Crippen LogP contribution < -0.4 is 5.73 Å². The smallest absolute Gasteiger partial charge is 0.408 e. The largest absolute Gasteiger partial charge is 0.465 e. The molecule has 0 aliphatic carbocycles. The predicted octanol–water partition coefficient (Wildman–Crippen LogP) is 3.25. The van der Waals surface area contributed by atoms with Crippen LogP contribution in [0.25, 0.3) is 0 Å². The van der Waals surface area contributed by atoms with Gasteiger partial charge >= 0.3 is 12.2 Å². The standard InChI is InChI=1S/C14H19ClN2O4/c1-9(2)17(14(19)20)12(7-8-21-13(16)18)10-5-3-4-6-11(10)15/h3-6,9,12H,7-8H2,1-2H3,(H2,16,18)(H,19,20)/t12-/m0/s1. The van der Waals surface area contributed by atoms with Crippen molar-refractivity contribution in [2.75, 3.05) is 6.61 Å². The molecule has 1 rings (SSSR count). The lowest BCUT2D eigenvalue weighted by Gasteiger charge is -2.33. The van der Waals surface area contributed by atoms with E-state index in [1.54, 1.807) is 38.1 Å². The average Bonchev–Trinajstić information content (AvgIpc) is 2.37. The number of hydrogen-bond donors (Lipinski definition) is 2. The Labute approximate surface area is 128 Å². The van der Waals surface area contributed by atoms with Gasteiger partial charge in [0.05, 0.1) is 12.6 Å². The third-order valence-corrected chi connectivity index (χ3v) is 3.36. The Hall–Kier alpha value is -1.95. The maximum atomic E-state index is 11.5. The van der Waals surface area contributed by atoms with Crippen molar-refractivity contribution in [3.63, 3.8) is 0 Å². The Morgan fingerprint density at radius 1 is 1.38 bits per heavy atom. The Morgan fingerprint density at radius 3 is 2.48 bits per heavy atom. The van der Waals surface area contributed by atoms with Crippen LogP contribution in [-0.4, -0.2) is 34.8 Å². The number of primary amides is 1. The van der Waals surface area contributed by atoms with E-state index in [0.717, 1.165) is 0 Å². The van der Waals surface area contributed by atoms with Crippen LogP contribution in [-0.2, 0) is 4.74 Å². The summed E-state index contributed by atoms with van der Waals surface area (Å²) in [6.45, 7) is 3.56. The number of nitrogens with zero attached hydrogens (tertiary/aromatic N) is 1. The van der Waals surface area contributed by atoms with Crippen molar-refractivity contribution < 1.29 is 19.4 Å². The van der Waals surface area contributed by atoms with E-state index in [1.165, 1.54) is 4.90 Å². The molecular formula is C14H19ClN2O4. The van der Waals surface area contributed by atoms with E-state index in [-0.39, 0.29) is 19.1 Å². The summed E-state index contributed by atoms with van der Waals surface area (Å²) in [4.78, 5) is 23.5. The molecule has 6 nitrogen and oxygen atoms in total. The second kappa shape index (κ2) is 7.73. The summed E-state index contributed by atoms with van der Waals surface area (Å²) in [5.41, 5.74) is 5.60. The highest BCUT2D eigenvalue weighted by Crippen LogP contribution is 2.31. The Kier molecular flexibility index (Phi) is 6.30. The molecule has 1 aromatic rings. The van der Waals surface area contributed by atoms with Crippen molar-refractivity contribution in [2.24, 2.45) is 5.73 Å². The first-order valence-electron chi connectivity index (χ1n) is 6.52. The second-order valence-corrected chi connectivity index (χ2v) is 5.18. The molecule has 0 fully saturated rings. The van der Waals surface area contributed by atoms with Gasteiger partial charge in [-0.3, -0.25) is 4.90 Å². The molecular weight excluding hydrogens is 296 g/mol. The highest BCUT2D eigenvalue weighted by atomic mass is 35.5. The quantitative estimate of drug-likeness (QED) is 0.842. The van der Waals surface area contributed by atoms with Gasteiger partial charge in [0.2, 0.25) is 0 Å². The first-order valence-corrected chi connectivity index (χ1v) is 6.90. The summed E-state index contributed by atoms with van der Waals surface area (Å²) < 4.78 is 4.72. The minimum atomic E-state index is -1.06. The summed E-state index contributed by atoms with van der Waals surface area (Å²) in [6.07, 6.45) is -1.68. The first kappa shape index (κ1) is 17.1. The van der Waals surface area contributed by atoms with E-state index >= 15 is 0 Å². The van der Waals surface area contributed by atoms with E-state index < -0.39 is 18.2 Å². The molecule has 0 saturated carbocycles. The predicted molar refractivity (Wildman–Crippen MR) is 79.3 cm³/mol. The average molecular weight is 315 g/mol. The monoisotopic (exact) mass is 314 g/mol. The molecule has 0 saturated heterocycles. The number of halogens is 1. The second-order valence-electron chi connectivity index (χ2n) is 4.78. The third-order valence-electron chi connectivity index (χ3n) is 3.01. The fourth-order valence-electron chi connectivity index (χ4n) is 2.17. The van der Waals surface area contributed by atoms with Crippen LogP contribution in [0.5, 0.6) is 0 Å². The van der Waals surface area contributed by atoms with E-state index in [1.807, 2.05) is 0 Å². The molecule has 0 radical (unpaired) electrons. The van der Waals surface area contributed by atoms with E-state index in [0.29, 0.717) is 10.6 Å². The third kappa shape index (κ3) is 4.82. The molecule has 0 unspecified atom stereocenters. The van der Waals surface area contributed by atoms with Gasteiger partial charge in [-0.2, -0.15) is 0 Å². The summed E-state index contributed by atoms with van der Waals surface area (Å²) in [7, 11) is 0. The minimum absolute atomic E-state index is 0.0156. The number of carbonyl (C=O) groups is 2. The normalized spacial score (nSPS) is 12.0. The molecule has 21 heavy (non-hydrogen) atoms. The summed E-state index contributed by atoms with van der Waals surface area (Å²) in [6, 6.07) is 6.23. The van der Waals surface area contributed by atoms with Gasteiger partial charge in [0, 0.05) is 17.5 Å². The van der Waals surface area contributed by atoms with Crippen LogP contribution in [0.2, 0.25) is 5.02 Å². The molecule has 1 atom stereocenters. The van der Waals surface area contributed by atoms with Crippen molar-refractivity contribution in [3.8, 4) is 0 Å². The van der Waals surface area contributed by atoms with Crippen molar-refractivity contribution in [1.29, 1.82) is 0 Å². The molecule has 3 N–H and O–H groups in total. The molecule has 0 aliphatic heterocycles. The molecule has 0 spiro atoms. The lowest BCUT2D eigenvalue weighted by atomic mass is 10.0. The van der Waals surface area contributed by atoms with Gasteiger partial charge in [-0.1, -0.05) is 29.8 Å². The Morgan fingerprint density at radius 2 is 2.00 bits per heavy atom. The van der Waals surface area contributed by atoms with Gasteiger partial charge in [-0.25, -0.2) is 9.59 Å². The molecule has 0 bridgehead atoms. The summed E-state index contributed by atoms with van der Waals surface area (Å²) in [5, 5.41) is 9.89. The molecule has 116 valence electrons. The summed E-state index contributed by atoms with van der Waals surface area (Å²) >= 11 is 6.16. The number of ether oxygens (including phenoxy) is 1. The van der Waals surface area contributed by atoms with Crippen LogP contribution in [0.4, 0.5) is 9.59 Å². The maximum Gasteiger partial charge on any atom is 0.408 e. The van der Waals surface area contributed by atoms with Crippen LogP contribution in [0.3, 0.4) is 0 Å². The molecule has 7 heteroatoms. The van der Waals surface area contributed by atoms with Gasteiger partial charge in [0.15, 0.2) is 0 Å². The van der Waals surface area contributed by atoms with Crippen molar-refractivity contribution in [3.05, 3.63) is 34.9 Å². The number of carboxylic acid groups (broad SMARTS) is 1. The number of hydrogen-bond acceptors (Lipinski definition) is 3. The summed E-state index contributed by atoms with van der Waals surface area (Å²) in [5.74, 6) is 0. The first-order chi connectivity index (χ1) is 9.84. The van der Waals surface area contributed by atoms with Gasteiger partial charge in [-0.15, -0.1) is 0 Å². The van der Waals surface area contributed by atoms with E-state index in [2.05, 4.69) is 0 Å². The topological polar surface area (TPSA) is 92.9 Å². The molecule has 0 aliphatic rings. The van der Waals surface area contributed by atoms with Crippen LogP contribution in [0, 0.1) is 0 Å². The zero-order valence-corrected chi connectivity index (χ0v) is 12.7. The van der Waals surface area contributed by atoms with Gasteiger partial charge in [-0.05, 0) is 25.5 Å². The lowest BCUT2D eigenvalue weighted by Crippen LogP contribution is -2.40. The van der Waals surface area contributed by atoms with E-state index in [4.69, 9.17) is 22.1 Å². The SMILES string of the molecule is CC(C)N(C(=O)O)[C@@H](CCOC(N)=O)c1ccccc1Cl. The van der Waals surface area contributed by atoms with E-state index in [9.17, 15) is 14.7 Å². The van der Waals surface area contributed by atoms with Gasteiger partial charge in [0.25, 0.3) is 0 Å². The van der Waals surface area contributed by atoms with Crippen molar-refractivity contribution in [1.82, 2.24) is 4.90 Å². The lowest BCUT2D eigenvalue weighted by molar-refractivity contribution is 0.0910. The van der Waals surface area contributed by atoms with Crippen LogP contribution in [0.15, 0.2) is 24.3 Å². The van der Waals surface area contributed by atoms with Gasteiger partial charge < -0.3 is 15.6 Å². The number of amides is 2. The van der Waals surface area contributed by atoms with Crippen LogP contribution >= 0.6 is 11.6 Å². The van der Waals surface area contributed by atoms with Crippen molar-refractivity contribution in [2.45, 2.75) is 32.4 Å². The fraction of sp³-hybridized carbons (Fsp3) is 0.429. The molecule has 1 aromatic carbocycles. The number of carbonyl (C=O) groups excluding carboxylic acids is 1. The highest BCUT2D eigenvalue weighted by molar-refractivity contribution is 6.31. The minimum Gasteiger partial charge on any atom is -0.465 e. The highest BCUT2D eigenvalue weighted by Gasteiger charge is 2.28.